The Hall–Kier alpha value is -1.03. The number of aromatic amines is 1. The molecule has 0 unspecified atom stereocenters. The summed E-state index contributed by atoms with van der Waals surface area (Å²) in [6.45, 7) is 1.99. The molecule has 2 aromatic rings. The van der Waals surface area contributed by atoms with Gasteiger partial charge < -0.3 is 9.55 Å². The fourth-order valence-electron chi connectivity index (χ4n) is 1.24. The highest BCUT2D eigenvalue weighted by atomic mass is 79.9. The maximum atomic E-state index is 4.45. The molecular weight excluding hydrogens is 230 g/mol. The molecule has 2 rings (SSSR count). The van der Waals surface area contributed by atoms with Gasteiger partial charge in [-0.2, -0.15) is 0 Å². The molecule has 68 valence electrons. The van der Waals surface area contributed by atoms with Gasteiger partial charge >= 0.3 is 0 Å². The number of nitrogens with one attached hydrogen (secondary N) is 1. The van der Waals surface area contributed by atoms with Crippen molar-refractivity contribution < 1.29 is 0 Å². The lowest BCUT2D eigenvalue weighted by atomic mass is 10.3. The van der Waals surface area contributed by atoms with Gasteiger partial charge in [0, 0.05) is 25.0 Å². The summed E-state index contributed by atoms with van der Waals surface area (Å²) in [5.74, 6) is 1.00. The molecule has 0 bridgehead atoms. The molecule has 0 saturated heterocycles. The number of imidazole rings is 1. The Morgan fingerprint density at radius 2 is 2.31 bits per heavy atom. The van der Waals surface area contributed by atoms with Gasteiger partial charge in [-0.1, -0.05) is 0 Å². The van der Waals surface area contributed by atoms with E-state index in [1.54, 1.807) is 0 Å². The summed E-state index contributed by atoms with van der Waals surface area (Å²) >= 11 is 3.51. The Kier molecular flexibility index (Phi) is 2.00. The second-order valence-corrected chi connectivity index (χ2v) is 3.71. The lowest BCUT2D eigenvalue weighted by Gasteiger charge is -1.95. The summed E-state index contributed by atoms with van der Waals surface area (Å²) in [6, 6.07) is 2.01. The van der Waals surface area contributed by atoms with Gasteiger partial charge in [0.05, 0.1) is 0 Å². The second kappa shape index (κ2) is 3.03. The normalized spacial score (nSPS) is 10.7. The summed E-state index contributed by atoms with van der Waals surface area (Å²) in [5.41, 5.74) is 2.09. The smallest absolute Gasteiger partial charge is 0.112 e. The van der Waals surface area contributed by atoms with E-state index in [0.29, 0.717) is 0 Å². The first-order valence-corrected chi connectivity index (χ1v) is 4.81. The molecule has 0 aliphatic rings. The average Bonchev–Trinajstić information content (AvgIpc) is 2.70. The van der Waals surface area contributed by atoms with E-state index in [0.717, 1.165) is 21.7 Å². The van der Waals surface area contributed by atoms with E-state index in [9.17, 15) is 0 Å². The highest BCUT2D eigenvalue weighted by Crippen LogP contribution is 2.27. The third-order valence-corrected chi connectivity index (χ3v) is 3.03. The number of aromatic nitrogens is 3. The minimum absolute atomic E-state index is 0.987. The predicted octanol–water partition coefficient (Wildman–Crippen LogP) is 2.49. The zero-order chi connectivity index (χ0) is 9.42. The van der Waals surface area contributed by atoms with Crippen LogP contribution in [-0.2, 0) is 7.05 Å². The Labute approximate surface area is 84.9 Å². The summed E-state index contributed by atoms with van der Waals surface area (Å²) in [7, 11) is 1.99. The zero-order valence-corrected chi connectivity index (χ0v) is 9.09. The molecule has 0 aliphatic carbocycles. The van der Waals surface area contributed by atoms with Crippen LogP contribution in [0.2, 0.25) is 0 Å². The first kappa shape index (κ1) is 8.56. The van der Waals surface area contributed by atoms with Crippen LogP contribution in [0.5, 0.6) is 0 Å². The molecule has 0 saturated carbocycles. The fourth-order valence-corrected chi connectivity index (χ4v) is 1.81. The van der Waals surface area contributed by atoms with Crippen LogP contribution in [-0.4, -0.2) is 14.5 Å². The van der Waals surface area contributed by atoms with E-state index in [-0.39, 0.29) is 0 Å². The standard InChI is InChI=1S/C9H10BrN3/c1-6-12-8(9(10)13(6)2)7-3-4-11-5-7/h3-5,11H,1-2H3. The Bertz CT molecular complexity index is 414. The zero-order valence-electron chi connectivity index (χ0n) is 7.50. The minimum atomic E-state index is 0.987. The Morgan fingerprint density at radius 1 is 1.54 bits per heavy atom. The lowest BCUT2D eigenvalue weighted by Crippen LogP contribution is -1.89. The van der Waals surface area contributed by atoms with Gasteiger partial charge in [0.1, 0.15) is 16.1 Å². The van der Waals surface area contributed by atoms with Crippen LogP contribution in [0, 0.1) is 6.92 Å². The van der Waals surface area contributed by atoms with Crippen LogP contribution in [0.1, 0.15) is 5.82 Å². The first-order valence-electron chi connectivity index (χ1n) is 4.02. The van der Waals surface area contributed by atoms with E-state index in [4.69, 9.17) is 0 Å². The molecule has 2 aromatic heterocycles. The van der Waals surface area contributed by atoms with Crippen molar-refractivity contribution in [3.05, 3.63) is 28.9 Å². The van der Waals surface area contributed by atoms with Crippen molar-refractivity contribution in [2.75, 3.05) is 0 Å². The van der Waals surface area contributed by atoms with Crippen molar-refractivity contribution in [1.82, 2.24) is 14.5 Å². The number of hydrogen-bond acceptors (Lipinski definition) is 1. The molecule has 0 spiro atoms. The minimum Gasteiger partial charge on any atom is -0.367 e. The van der Waals surface area contributed by atoms with Crippen LogP contribution >= 0.6 is 15.9 Å². The van der Waals surface area contributed by atoms with Gasteiger partial charge in [0.25, 0.3) is 0 Å². The van der Waals surface area contributed by atoms with Crippen molar-refractivity contribution in [2.45, 2.75) is 6.92 Å². The quantitative estimate of drug-likeness (QED) is 0.816. The third kappa shape index (κ3) is 1.31. The van der Waals surface area contributed by atoms with Crippen LogP contribution in [0.3, 0.4) is 0 Å². The molecule has 13 heavy (non-hydrogen) atoms. The van der Waals surface area contributed by atoms with E-state index in [1.165, 1.54) is 0 Å². The fraction of sp³-hybridized carbons (Fsp3) is 0.222. The molecule has 0 fully saturated rings. The summed E-state index contributed by atoms with van der Waals surface area (Å²) in [6.07, 6.45) is 3.83. The molecule has 0 radical (unpaired) electrons. The van der Waals surface area contributed by atoms with Crippen LogP contribution in [0.15, 0.2) is 23.1 Å². The van der Waals surface area contributed by atoms with Gasteiger partial charge in [0.15, 0.2) is 0 Å². The number of nitrogens with zero attached hydrogens (tertiary/aromatic N) is 2. The van der Waals surface area contributed by atoms with Crippen molar-refractivity contribution in [3.8, 4) is 11.3 Å². The number of aryl methyl sites for hydroxylation is 1. The highest BCUT2D eigenvalue weighted by molar-refractivity contribution is 9.10. The number of H-pyrrole nitrogens is 1. The van der Waals surface area contributed by atoms with Gasteiger partial charge in [0.2, 0.25) is 0 Å². The summed E-state index contributed by atoms with van der Waals surface area (Å²) in [5, 5.41) is 0. The van der Waals surface area contributed by atoms with Gasteiger partial charge in [-0.25, -0.2) is 4.98 Å². The van der Waals surface area contributed by atoms with Crippen molar-refractivity contribution >= 4 is 15.9 Å². The van der Waals surface area contributed by atoms with Crippen LogP contribution in [0.25, 0.3) is 11.3 Å². The lowest BCUT2D eigenvalue weighted by molar-refractivity contribution is 0.840. The molecular formula is C9H10BrN3. The molecule has 0 atom stereocenters. The first-order chi connectivity index (χ1) is 6.20. The van der Waals surface area contributed by atoms with Gasteiger partial charge in [-0.15, -0.1) is 0 Å². The van der Waals surface area contributed by atoms with E-state index < -0.39 is 0 Å². The largest absolute Gasteiger partial charge is 0.367 e. The molecule has 4 heteroatoms. The third-order valence-electron chi connectivity index (χ3n) is 2.12. The Balaban J connectivity index is 2.59. The molecule has 0 aliphatic heterocycles. The number of halogens is 1. The van der Waals surface area contributed by atoms with E-state index >= 15 is 0 Å². The highest BCUT2D eigenvalue weighted by Gasteiger charge is 2.11. The second-order valence-electron chi connectivity index (χ2n) is 2.96. The predicted molar refractivity (Wildman–Crippen MR) is 55.4 cm³/mol. The summed E-state index contributed by atoms with van der Waals surface area (Å²) < 4.78 is 3.03. The molecule has 1 N–H and O–H groups in total. The monoisotopic (exact) mass is 239 g/mol. The SMILES string of the molecule is Cc1nc(-c2cc[nH]c2)c(Br)n1C. The van der Waals surface area contributed by atoms with Crippen molar-refractivity contribution in [3.63, 3.8) is 0 Å². The molecule has 0 aromatic carbocycles. The summed E-state index contributed by atoms with van der Waals surface area (Å²) in [4.78, 5) is 7.46. The number of hydrogen-bond donors (Lipinski definition) is 1. The molecule has 0 amide bonds. The van der Waals surface area contributed by atoms with E-state index in [1.807, 2.05) is 37.0 Å². The van der Waals surface area contributed by atoms with Gasteiger partial charge in [-0.3, -0.25) is 0 Å². The molecule has 2 heterocycles. The van der Waals surface area contributed by atoms with Crippen molar-refractivity contribution in [1.29, 1.82) is 0 Å². The molecule has 3 nitrogen and oxygen atoms in total. The topological polar surface area (TPSA) is 33.6 Å². The number of rotatable bonds is 1. The average molecular weight is 240 g/mol. The van der Waals surface area contributed by atoms with Gasteiger partial charge in [-0.05, 0) is 28.9 Å². The Morgan fingerprint density at radius 3 is 2.77 bits per heavy atom. The van der Waals surface area contributed by atoms with Crippen molar-refractivity contribution in [2.24, 2.45) is 7.05 Å². The van der Waals surface area contributed by atoms with Crippen LogP contribution < -0.4 is 0 Å². The maximum Gasteiger partial charge on any atom is 0.112 e. The maximum absolute atomic E-state index is 4.45. The van der Waals surface area contributed by atoms with E-state index in [2.05, 4.69) is 25.9 Å². The van der Waals surface area contributed by atoms with Crippen LogP contribution in [0.4, 0.5) is 0 Å².